The molecule has 1 aromatic carbocycles. The topological polar surface area (TPSA) is 496 Å². The van der Waals surface area contributed by atoms with Crippen LogP contribution in [0, 0.1) is 11.8 Å². The quantitative estimate of drug-likeness (QED) is 0.0175. The van der Waals surface area contributed by atoms with E-state index in [1.165, 1.54) is 19.4 Å². The van der Waals surface area contributed by atoms with Crippen molar-refractivity contribution in [2.24, 2.45) is 45.5 Å². The molecule has 29 heteroatoms. The van der Waals surface area contributed by atoms with Crippen LogP contribution >= 0.6 is 0 Å². The number of carboxylic acids is 2. The SMILES string of the molecule is CC(C)C[C@H](NC(=O)[C@H](Cc1ccccc1)NC(=O)[C@H](CC(=O)O)NC(=O)[C@H](CCCN=C(N)N)NC(=O)[C@@H](N)C(C)C)C(=O)N[C@@H](Cc1cnc[nH]1)C(=O)N[C@@H](C)C(=O)N[C@@H](CCC(N)=O)C(=O)N[C@@H](CCCCN)C(=O)O. The van der Waals surface area contributed by atoms with Crippen LogP contribution in [0.2, 0.25) is 0 Å². The van der Waals surface area contributed by atoms with Crippen LogP contribution in [0.15, 0.2) is 47.8 Å². The van der Waals surface area contributed by atoms with Crippen molar-refractivity contribution in [2.75, 3.05) is 13.1 Å². The summed E-state index contributed by atoms with van der Waals surface area (Å²) in [6, 6.07) is -4.45. The number of carbonyl (C=O) groups excluding carboxylic acids is 9. The van der Waals surface area contributed by atoms with Crippen LogP contribution < -0.4 is 71.2 Å². The fourth-order valence-electron chi connectivity index (χ4n) is 7.66. The molecular weight excluding hydrogens is 1030 g/mol. The zero-order valence-corrected chi connectivity index (χ0v) is 45.3. The number of unbranched alkanes of at least 4 members (excludes halogenated alkanes) is 1. The van der Waals surface area contributed by atoms with Crippen molar-refractivity contribution in [1.82, 2.24) is 52.5 Å². The molecule has 0 bridgehead atoms. The number of hydrogen-bond acceptors (Lipinski definition) is 15. The number of carboxylic acid groups (broad SMARTS) is 2. The number of nitrogens with two attached hydrogens (primary N) is 5. The molecule has 9 amide bonds. The molecule has 79 heavy (non-hydrogen) atoms. The Balaban J connectivity index is 2.45. The van der Waals surface area contributed by atoms with E-state index in [1.54, 1.807) is 58.0 Å². The van der Waals surface area contributed by atoms with Gasteiger partial charge in [0.05, 0.1) is 18.8 Å². The Kier molecular flexibility index (Phi) is 29.2. The van der Waals surface area contributed by atoms with Crippen molar-refractivity contribution >= 4 is 71.1 Å². The lowest BCUT2D eigenvalue weighted by Crippen LogP contribution is -2.61. The highest BCUT2D eigenvalue weighted by Gasteiger charge is 2.36. The van der Waals surface area contributed by atoms with Gasteiger partial charge in [-0.25, -0.2) is 9.78 Å². The van der Waals surface area contributed by atoms with Gasteiger partial charge in [-0.1, -0.05) is 58.0 Å². The third-order valence-corrected chi connectivity index (χ3v) is 12.1. The molecule has 0 aliphatic carbocycles. The average Bonchev–Trinajstić information content (AvgIpc) is 3.90. The van der Waals surface area contributed by atoms with Gasteiger partial charge in [0.15, 0.2) is 5.96 Å². The lowest BCUT2D eigenvalue weighted by molar-refractivity contribution is -0.143. The minimum Gasteiger partial charge on any atom is -0.481 e. The maximum atomic E-state index is 14.4. The summed E-state index contributed by atoms with van der Waals surface area (Å²) in [7, 11) is 0. The van der Waals surface area contributed by atoms with Crippen LogP contribution in [-0.2, 0) is 65.6 Å². The first-order valence-electron chi connectivity index (χ1n) is 25.9. The standard InChI is InChI=1S/C50H80N16O13/c1-26(2)20-34(45(74)65-36(22-30-24-56-25-58-30)44(73)59-28(5)41(70)60-32(16-17-38(52)67)43(72)62-33(49(78)79)14-9-10-18-51)63-46(75)35(21-29-12-7-6-8-13-29)64-47(76)37(23-39(68)69)66-42(71)31(15-11-19-57-50(54)55)61-48(77)40(53)27(3)4/h6-8,12-13,24-28,31-37,40H,9-11,14-23,51,53H2,1-5H3,(H2,52,67)(H,56,58)(H,59,73)(H,60,70)(H,61,77)(H,62,72)(H,63,75)(H,64,76)(H,65,74)(H,66,71)(H,68,69)(H,78,79)(H4,54,55,57)/t28-,31-,32-,33-,34-,35-,36-,37-,40-/m0/s1. The van der Waals surface area contributed by atoms with Gasteiger partial charge in [-0.05, 0) is 75.8 Å². The number of carbonyl (C=O) groups is 11. The third-order valence-electron chi connectivity index (χ3n) is 12.1. The van der Waals surface area contributed by atoms with Gasteiger partial charge in [-0.15, -0.1) is 0 Å². The third kappa shape index (κ3) is 25.7. The normalized spacial score (nSPS) is 14.5. The molecular formula is C50H80N16O13. The Hall–Kier alpha value is -8.21. The van der Waals surface area contributed by atoms with Gasteiger partial charge in [0.25, 0.3) is 0 Å². The molecule has 2 aromatic rings. The fraction of sp³-hybridized carbons (Fsp3) is 0.580. The van der Waals surface area contributed by atoms with Crippen molar-refractivity contribution in [3.8, 4) is 0 Å². The van der Waals surface area contributed by atoms with E-state index in [2.05, 4.69) is 57.5 Å². The van der Waals surface area contributed by atoms with E-state index in [9.17, 15) is 63.0 Å². The number of nitrogens with one attached hydrogen (secondary N) is 9. The number of aromatic nitrogens is 2. The number of amides is 9. The zero-order valence-electron chi connectivity index (χ0n) is 45.3. The number of guanidine groups is 1. The molecule has 0 saturated heterocycles. The van der Waals surface area contributed by atoms with Gasteiger partial charge in [-0.2, -0.15) is 0 Å². The van der Waals surface area contributed by atoms with Gasteiger partial charge >= 0.3 is 11.9 Å². The van der Waals surface area contributed by atoms with E-state index in [-0.39, 0.29) is 82.3 Å². The smallest absolute Gasteiger partial charge is 0.326 e. The summed E-state index contributed by atoms with van der Waals surface area (Å²) in [6.45, 7) is 8.48. The number of hydrogen-bond donors (Lipinski definition) is 16. The van der Waals surface area contributed by atoms with Crippen LogP contribution in [-0.4, -0.2) is 159 Å². The Morgan fingerprint density at radius 1 is 0.595 bits per heavy atom. The van der Waals surface area contributed by atoms with Gasteiger partial charge in [0.1, 0.15) is 48.3 Å². The first-order valence-corrected chi connectivity index (χ1v) is 25.9. The zero-order chi connectivity index (χ0) is 59.4. The van der Waals surface area contributed by atoms with E-state index < -0.39 is 126 Å². The minimum absolute atomic E-state index is 0.0264. The monoisotopic (exact) mass is 1110 g/mol. The van der Waals surface area contributed by atoms with Gasteiger partial charge in [-0.3, -0.25) is 52.9 Å². The number of benzene rings is 1. The molecule has 1 aromatic heterocycles. The summed E-state index contributed by atoms with van der Waals surface area (Å²) >= 11 is 0. The van der Waals surface area contributed by atoms with Gasteiger partial charge < -0.3 is 86.4 Å². The van der Waals surface area contributed by atoms with E-state index in [4.69, 9.17) is 28.7 Å². The second-order valence-corrected chi connectivity index (χ2v) is 19.7. The Morgan fingerprint density at radius 2 is 1.10 bits per heavy atom. The lowest BCUT2D eigenvalue weighted by atomic mass is 10.00. The van der Waals surface area contributed by atoms with Crippen LogP contribution in [0.1, 0.15) is 104 Å². The molecule has 0 aliphatic rings. The van der Waals surface area contributed by atoms with Crippen molar-refractivity contribution in [1.29, 1.82) is 0 Å². The Labute approximate surface area is 457 Å². The molecule has 0 spiro atoms. The Morgan fingerprint density at radius 3 is 1.65 bits per heavy atom. The molecule has 0 radical (unpaired) electrons. The summed E-state index contributed by atoms with van der Waals surface area (Å²) in [4.78, 5) is 157. The second kappa shape index (κ2) is 34.5. The predicted octanol–water partition coefficient (Wildman–Crippen LogP) is -3.87. The van der Waals surface area contributed by atoms with Crippen LogP contribution in [0.3, 0.4) is 0 Å². The number of nitrogens with zero attached hydrogens (tertiary/aromatic N) is 2. The van der Waals surface area contributed by atoms with E-state index >= 15 is 0 Å². The summed E-state index contributed by atoms with van der Waals surface area (Å²) in [6.07, 6.45) is 1.55. The molecule has 21 N–H and O–H groups in total. The van der Waals surface area contributed by atoms with E-state index in [0.29, 0.717) is 24.1 Å². The number of H-pyrrole nitrogens is 1. The summed E-state index contributed by atoms with van der Waals surface area (Å²) in [5.74, 6) is -11.8. The Bertz CT molecular complexity index is 2380. The molecule has 0 saturated carbocycles. The lowest BCUT2D eigenvalue weighted by Gasteiger charge is -2.28. The van der Waals surface area contributed by atoms with Gasteiger partial charge in [0.2, 0.25) is 53.2 Å². The molecule has 0 fully saturated rings. The molecule has 29 nitrogen and oxygen atoms in total. The average molecular weight is 1110 g/mol. The molecule has 0 aliphatic heterocycles. The van der Waals surface area contributed by atoms with Crippen molar-refractivity contribution in [3.05, 3.63) is 54.1 Å². The first kappa shape index (κ1) is 66.9. The summed E-state index contributed by atoms with van der Waals surface area (Å²) in [5.41, 5.74) is 28.6. The number of aliphatic imine (C=N–C) groups is 1. The highest BCUT2D eigenvalue weighted by atomic mass is 16.4. The van der Waals surface area contributed by atoms with Gasteiger partial charge in [0, 0.05) is 37.7 Å². The maximum Gasteiger partial charge on any atom is 0.326 e. The van der Waals surface area contributed by atoms with Crippen LogP contribution in [0.25, 0.3) is 0 Å². The molecule has 438 valence electrons. The second-order valence-electron chi connectivity index (χ2n) is 19.7. The molecule has 1 heterocycles. The number of primary amides is 1. The highest BCUT2D eigenvalue weighted by molar-refractivity contribution is 5.99. The van der Waals surface area contributed by atoms with Crippen molar-refractivity contribution in [3.63, 3.8) is 0 Å². The van der Waals surface area contributed by atoms with Crippen LogP contribution in [0.5, 0.6) is 0 Å². The van der Waals surface area contributed by atoms with Crippen molar-refractivity contribution in [2.45, 2.75) is 160 Å². The molecule has 2 rings (SSSR count). The summed E-state index contributed by atoms with van der Waals surface area (Å²) in [5, 5.41) is 39.6. The van der Waals surface area contributed by atoms with Crippen molar-refractivity contribution < 1.29 is 63.0 Å². The molecule has 0 unspecified atom stereocenters. The van der Waals surface area contributed by atoms with E-state index in [1.807, 2.05) is 0 Å². The maximum absolute atomic E-state index is 14.4. The largest absolute Gasteiger partial charge is 0.481 e. The highest BCUT2D eigenvalue weighted by Crippen LogP contribution is 2.12. The fourth-order valence-corrected chi connectivity index (χ4v) is 7.66. The number of imidazole rings is 1. The number of aliphatic carboxylic acids is 2. The number of aromatic amines is 1. The number of rotatable bonds is 37. The van der Waals surface area contributed by atoms with E-state index in [0.717, 1.165) is 0 Å². The minimum atomic E-state index is -1.81. The summed E-state index contributed by atoms with van der Waals surface area (Å²) < 4.78 is 0. The molecule has 9 atom stereocenters. The predicted molar refractivity (Wildman–Crippen MR) is 287 cm³/mol. The first-order chi connectivity index (χ1) is 37.2. The van der Waals surface area contributed by atoms with Crippen LogP contribution in [0.4, 0.5) is 0 Å².